The molecule has 0 aromatic heterocycles. The van der Waals surface area contributed by atoms with E-state index in [9.17, 15) is 0 Å². The fourth-order valence-electron chi connectivity index (χ4n) is 2.13. The lowest BCUT2D eigenvalue weighted by molar-refractivity contribution is 0.246. The van der Waals surface area contributed by atoms with Crippen molar-refractivity contribution in [3.05, 3.63) is 35.4 Å². The molecule has 1 aromatic rings. The van der Waals surface area contributed by atoms with Gasteiger partial charge in [0.05, 0.1) is 0 Å². The average Bonchev–Trinajstić information content (AvgIpc) is 2.27. The Bertz CT molecular complexity index is 370. The third kappa shape index (κ3) is 5.69. The van der Waals surface area contributed by atoms with Crippen molar-refractivity contribution in [2.24, 2.45) is 17.3 Å². The van der Waals surface area contributed by atoms with Crippen LogP contribution in [0.1, 0.15) is 63.9 Å². The van der Waals surface area contributed by atoms with Crippen molar-refractivity contribution in [1.29, 1.82) is 0 Å². The second kappa shape index (κ2) is 6.92. The molecule has 19 heavy (non-hydrogen) atoms. The van der Waals surface area contributed by atoms with Gasteiger partial charge in [0, 0.05) is 4.83 Å². The minimum absolute atomic E-state index is 0.379. The van der Waals surface area contributed by atoms with Crippen LogP contribution in [0.5, 0.6) is 0 Å². The molecule has 1 rings (SSSR count). The first-order valence-electron chi connectivity index (χ1n) is 7.43. The zero-order chi connectivity index (χ0) is 14.6. The highest BCUT2D eigenvalue weighted by Gasteiger charge is 2.23. The predicted octanol–water partition coefficient (Wildman–Crippen LogP) is 6.39. The molecule has 0 saturated carbocycles. The summed E-state index contributed by atoms with van der Waals surface area (Å²) in [4.78, 5) is 0.467. The van der Waals surface area contributed by atoms with Crippen LogP contribution in [0.15, 0.2) is 24.3 Å². The average molecular weight is 325 g/mol. The van der Waals surface area contributed by atoms with Gasteiger partial charge in [-0.2, -0.15) is 0 Å². The standard InChI is InChI=1S/C18H29Br/c1-13(2)11-15-7-9-16(10-8-15)17(19)12-14(3)18(4,5)6/h7-10,13-14,17H,11-12H2,1-6H3. The van der Waals surface area contributed by atoms with Crippen molar-refractivity contribution in [3.8, 4) is 0 Å². The van der Waals surface area contributed by atoms with Crippen molar-refractivity contribution in [3.63, 3.8) is 0 Å². The second-order valence-corrected chi connectivity index (χ2v) is 8.42. The Hall–Kier alpha value is -0.300. The molecule has 1 heteroatoms. The lowest BCUT2D eigenvalue weighted by atomic mass is 9.79. The first-order valence-corrected chi connectivity index (χ1v) is 8.34. The Balaban J connectivity index is 2.65. The van der Waals surface area contributed by atoms with Crippen LogP contribution < -0.4 is 0 Å². The lowest BCUT2D eigenvalue weighted by Gasteiger charge is -2.29. The molecule has 0 aliphatic rings. The molecule has 0 heterocycles. The van der Waals surface area contributed by atoms with E-state index >= 15 is 0 Å². The van der Waals surface area contributed by atoms with Crippen LogP contribution in [0.3, 0.4) is 0 Å². The van der Waals surface area contributed by atoms with Crippen LogP contribution in [-0.2, 0) is 6.42 Å². The Morgan fingerprint density at radius 1 is 1.00 bits per heavy atom. The second-order valence-electron chi connectivity index (χ2n) is 7.31. The Morgan fingerprint density at radius 3 is 1.95 bits per heavy atom. The van der Waals surface area contributed by atoms with Gasteiger partial charge in [-0.05, 0) is 41.2 Å². The van der Waals surface area contributed by atoms with Gasteiger partial charge in [0.25, 0.3) is 0 Å². The number of alkyl halides is 1. The molecule has 0 bridgehead atoms. The Kier molecular flexibility index (Phi) is 6.11. The van der Waals surface area contributed by atoms with Gasteiger partial charge in [-0.25, -0.2) is 0 Å². The molecule has 108 valence electrons. The van der Waals surface area contributed by atoms with E-state index in [4.69, 9.17) is 0 Å². The first kappa shape index (κ1) is 16.8. The quantitative estimate of drug-likeness (QED) is 0.550. The van der Waals surface area contributed by atoms with Gasteiger partial charge in [0.2, 0.25) is 0 Å². The molecule has 0 nitrogen and oxygen atoms in total. The fourth-order valence-corrected chi connectivity index (χ4v) is 3.00. The van der Waals surface area contributed by atoms with Crippen molar-refractivity contribution in [1.82, 2.24) is 0 Å². The minimum Gasteiger partial charge on any atom is -0.0839 e. The summed E-state index contributed by atoms with van der Waals surface area (Å²) in [6.45, 7) is 13.9. The topological polar surface area (TPSA) is 0 Å². The molecule has 1 aromatic carbocycles. The normalized spacial score (nSPS) is 15.6. The van der Waals surface area contributed by atoms with E-state index in [0.29, 0.717) is 16.2 Å². The molecule has 0 spiro atoms. The number of hydrogen-bond acceptors (Lipinski definition) is 0. The van der Waals surface area contributed by atoms with E-state index in [1.165, 1.54) is 24.0 Å². The molecule has 0 fully saturated rings. The van der Waals surface area contributed by atoms with E-state index < -0.39 is 0 Å². The maximum absolute atomic E-state index is 3.85. The van der Waals surface area contributed by atoms with Gasteiger partial charge in [-0.3, -0.25) is 0 Å². The van der Waals surface area contributed by atoms with E-state index in [1.54, 1.807) is 0 Å². The molecule has 0 aliphatic carbocycles. The molecule has 0 saturated heterocycles. The maximum Gasteiger partial charge on any atom is 0.0398 e. The molecule has 0 N–H and O–H groups in total. The third-order valence-corrected chi connectivity index (χ3v) is 4.93. The van der Waals surface area contributed by atoms with Crippen LogP contribution in [0.4, 0.5) is 0 Å². The van der Waals surface area contributed by atoms with E-state index in [2.05, 4.69) is 81.7 Å². The van der Waals surface area contributed by atoms with Crippen molar-refractivity contribution >= 4 is 15.9 Å². The summed E-state index contributed by atoms with van der Waals surface area (Å²) in [7, 11) is 0. The summed E-state index contributed by atoms with van der Waals surface area (Å²) in [6, 6.07) is 9.13. The summed E-state index contributed by atoms with van der Waals surface area (Å²) in [6.07, 6.45) is 2.36. The van der Waals surface area contributed by atoms with Gasteiger partial charge in [0.1, 0.15) is 0 Å². The zero-order valence-corrected chi connectivity index (χ0v) is 14.9. The van der Waals surface area contributed by atoms with Gasteiger partial charge < -0.3 is 0 Å². The van der Waals surface area contributed by atoms with E-state index in [0.717, 1.165) is 5.92 Å². The lowest BCUT2D eigenvalue weighted by Crippen LogP contribution is -2.18. The first-order chi connectivity index (χ1) is 8.70. The number of benzene rings is 1. The fraction of sp³-hybridized carbons (Fsp3) is 0.667. The Morgan fingerprint density at radius 2 is 1.53 bits per heavy atom. The molecule has 2 unspecified atom stereocenters. The van der Waals surface area contributed by atoms with Crippen molar-refractivity contribution in [2.75, 3.05) is 0 Å². The minimum atomic E-state index is 0.379. The van der Waals surface area contributed by atoms with Crippen molar-refractivity contribution in [2.45, 2.75) is 59.2 Å². The van der Waals surface area contributed by atoms with Gasteiger partial charge in [-0.1, -0.05) is 81.7 Å². The van der Waals surface area contributed by atoms with Crippen LogP contribution in [0, 0.1) is 17.3 Å². The number of rotatable bonds is 5. The van der Waals surface area contributed by atoms with Crippen LogP contribution in [0.2, 0.25) is 0 Å². The number of halogens is 1. The Labute approximate surface area is 128 Å². The summed E-state index contributed by atoms with van der Waals surface area (Å²) in [5.41, 5.74) is 3.23. The third-order valence-electron chi connectivity index (χ3n) is 4.02. The molecule has 2 atom stereocenters. The van der Waals surface area contributed by atoms with Gasteiger partial charge >= 0.3 is 0 Å². The van der Waals surface area contributed by atoms with Gasteiger partial charge in [0.15, 0.2) is 0 Å². The summed E-state index contributed by atoms with van der Waals surface area (Å²) < 4.78 is 0. The van der Waals surface area contributed by atoms with Crippen LogP contribution >= 0.6 is 15.9 Å². The summed E-state index contributed by atoms with van der Waals surface area (Å²) >= 11 is 3.85. The maximum atomic E-state index is 3.85. The predicted molar refractivity (Wildman–Crippen MR) is 89.9 cm³/mol. The molecule has 0 aliphatic heterocycles. The monoisotopic (exact) mass is 324 g/mol. The van der Waals surface area contributed by atoms with E-state index in [1.807, 2.05) is 0 Å². The highest BCUT2D eigenvalue weighted by atomic mass is 79.9. The largest absolute Gasteiger partial charge is 0.0839 e. The molecule has 0 amide bonds. The molecular weight excluding hydrogens is 296 g/mol. The smallest absolute Gasteiger partial charge is 0.0398 e. The zero-order valence-electron chi connectivity index (χ0n) is 13.3. The highest BCUT2D eigenvalue weighted by molar-refractivity contribution is 9.09. The van der Waals surface area contributed by atoms with Gasteiger partial charge in [-0.15, -0.1) is 0 Å². The SMILES string of the molecule is CC(C)Cc1ccc(C(Br)CC(C)C(C)(C)C)cc1. The summed E-state index contributed by atoms with van der Waals surface area (Å²) in [5.74, 6) is 1.43. The summed E-state index contributed by atoms with van der Waals surface area (Å²) in [5, 5.41) is 0. The molecular formula is C18H29Br. The molecule has 0 radical (unpaired) electrons. The highest BCUT2D eigenvalue weighted by Crippen LogP contribution is 2.37. The van der Waals surface area contributed by atoms with Crippen LogP contribution in [-0.4, -0.2) is 0 Å². The van der Waals surface area contributed by atoms with Crippen LogP contribution in [0.25, 0.3) is 0 Å². The van der Waals surface area contributed by atoms with E-state index in [-0.39, 0.29) is 0 Å². The van der Waals surface area contributed by atoms with Crippen molar-refractivity contribution < 1.29 is 0 Å². The number of hydrogen-bond donors (Lipinski definition) is 0.